The van der Waals surface area contributed by atoms with Crippen LogP contribution in [0.3, 0.4) is 0 Å². The van der Waals surface area contributed by atoms with E-state index in [-0.39, 0.29) is 16.5 Å². The van der Waals surface area contributed by atoms with E-state index in [0.717, 1.165) is 6.07 Å². The zero-order valence-corrected chi connectivity index (χ0v) is 14.6. The zero-order valence-electron chi connectivity index (χ0n) is 13.9. The van der Waals surface area contributed by atoms with Crippen molar-refractivity contribution in [2.45, 2.75) is 6.10 Å². The van der Waals surface area contributed by atoms with Gasteiger partial charge in [0.25, 0.3) is 5.91 Å². The molecule has 1 heterocycles. The van der Waals surface area contributed by atoms with Crippen LogP contribution in [0.2, 0.25) is 5.02 Å². The molecule has 0 unspecified atom stereocenters. The van der Waals surface area contributed by atoms with Crippen molar-refractivity contribution in [2.24, 2.45) is 0 Å². The van der Waals surface area contributed by atoms with Gasteiger partial charge >= 0.3 is 5.97 Å². The first kappa shape index (κ1) is 18.4. The minimum absolute atomic E-state index is 0.0689. The van der Waals surface area contributed by atoms with Gasteiger partial charge in [-0.25, -0.2) is 9.18 Å². The minimum Gasteiger partial charge on any atom is -0.444 e. The smallest absolute Gasteiger partial charge is 0.343 e. The summed E-state index contributed by atoms with van der Waals surface area (Å²) >= 11 is 5.93. The Balaban J connectivity index is 1.88. The molecule has 0 aromatic heterocycles. The summed E-state index contributed by atoms with van der Waals surface area (Å²) in [5, 5.41) is -0.0689. The fourth-order valence-corrected chi connectivity index (χ4v) is 2.94. The van der Waals surface area contributed by atoms with Crippen molar-refractivity contribution >= 4 is 23.5 Å². The van der Waals surface area contributed by atoms with Crippen LogP contribution in [0.1, 0.15) is 22.0 Å². The molecule has 1 saturated heterocycles. The standard InChI is InChI=1S/C19H17ClFNO4/c20-14-7-4-8-15(21)16(14)19(24)26-17(13-5-2-1-3-6-13)18(23)22-9-11-25-12-10-22/h1-8,17H,9-12H2/t17-/m0/s1. The molecular weight excluding hydrogens is 361 g/mol. The van der Waals surface area contributed by atoms with Gasteiger partial charge < -0.3 is 14.4 Å². The number of esters is 1. The molecule has 0 N–H and O–H groups in total. The molecule has 0 spiro atoms. The van der Waals surface area contributed by atoms with Crippen LogP contribution in [0.5, 0.6) is 0 Å². The van der Waals surface area contributed by atoms with Gasteiger partial charge in [0.15, 0.2) is 0 Å². The molecule has 0 saturated carbocycles. The van der Waals surface area contributed by atoms with E-state index in [1.807, 2.05) is 0 Å². The lowest BCUT2D eigenvalue weighted by molar-refractivity contribution is -0.145. The molecule has 1 aliphatic rings. The van der Waals surface area contributed by atoms with Crippen LogP contribution >= 0.6 is 11.6 Å². The number of carbonyl (C=O) groups is 2. The fraction of sp³-hybridized carbons (Fsp3) is 0.263. The number of hydrogen-bond acceptors (Lipinski definition) is 4. The van der Waals surface area contributed by atoms with E-state index in [1.54, 1.807) is 35.2 Å². The van der Waals surface area contributed by atoms with Crippen LogP contribution in [-0.2, 0) is 14.3 Å². The van der Waals surface area contributed by atoms with Crippen molar-refractivity contribution in [3.8, 4) is 0 Å². The largest absolute Gasteiger partial charge is 0.444 e. The summed E-state index contributed by atoms with van der Waals surface area (Å²) in [6.07, 6.45) is -1.18. The zero-order chi connectivity index (χ0) is 18.5. The molecular formula is C19H17ClFNO4. The summed E-state index contributed by atoms with van der Waals surface area (Å²) in [4.78, 5) is 27.0. The lowest BCUT2D eigenvalue weighted by Crippen LogP contribution is -2.44. The third-order valence-electron chi connectivity index (χ3n) is 4.04. The Morgan fingerprint density at radius 1 is 1.08 bits per heavy atom. The van der Waals surface area contributed by atoms with Crippen LogP contribution in [0.4, 0.5) is 4.39 Å². The summed E-state index contributed by atoms with van der Waals surface area (Å²) in [6, 6.07) is 12.5. The highest BCUT2D eigenvalue weighted by molar-refractivity contribution is 6.33. The topological polar surface area (TPSA) is 55.8 Å². The van der Waals surface area contributed by atoms with Crippen molar-refractivity contribution < 1.29 is 23.5 Å². The third-order valence-corrected chi connectivity index (χ3v) is 4.36. The molecule has 3 rings (SSSR count). The van der Waals surface area contributed by atoms with Crippen molar-refractivity contribution in [3.63, 3.8) is 0 Å². The molecule has 1 amide bonds. The second-order valence-corrected chi connectivity index (χ2v) is 6.14. The van der Waals surface area contributed by atoms with Crippen LogP contribution in [-0.4, -0.2) is 43.1 Å². The average Bonchev–Trinajstić information content (AvgIpc) is 2.67. The maximum absolute atomic E-state index is 14.0. The molecule has 5 nitrogen and oxygen atoms in total. The van der Waals surface area contributed by atoms with Gasteiger partial charge in [-0.15, -0.1) is 0 Å². The van der Waals surface area contributed by atoms with E-state index in [2.05, 4.69) is 0 Å². The number of nitrogens with zero attached hydrogens (tertiary/aromatic N) is 1. The number of rotatable bonds is 4. The van der Waals surface area contributed by atoms with Crippen LogP contribution in [0, 0.1) is 5.82 Å². The first-order valence-electron chi connectivity index (χ1n) is 8.14. The van der Waals surface area contributed by atoms with Crippen molar-refractivity contribution in [2.75, 3.05) is 26.3 Å². The molecule has 2 aromatic carbocycles. The molecule has 26 heavy (non-hydrogen) atoms. The number of morpholine rings is 1. The molecule has 0 bridgehead atoms. The van der Waals surface area contributed by atoms with E-state index < -0.39 is 17.9 Å². The highest BCUT2D eigenvalue weighted by Crippen LogP contribution is 2.26. The lowest BCUT2D eigenvalue weighted by Gasteiger charge is -2.30. The van der Waals surface area contributed by atoms with Crippen molar-refractivity contribution in [1.82, 2.24) is 4.90 Å². The highest BCUT2D eigenvalue weighted by Gasteiger charge is 2.32. The maximum atomic E-state index is 14.0. The molecule has 2 aromatic rings. The Labute approximate surface area is 155 Å². The Bertz CT molecular complexity index is 773. The number of carbonyl (C=O) groups excluding carboxylic acids is 2. The molecule has 1 atom stereocenters. The van der Waals surface area contributed by atoms with Crippen molar-refractivity contribution in [1.29, 1.82) is 0 Å². The van der Waals surface area contributed by atoms with Gasteiger partial charge in [-0.1, -0.05) is 48.0 Å². The monoisotopic (exact) mass is 377 g/mol. The summed E-state index contributed by atoms with van der Waals surface area (Å²) in [6.45, 7) is 1.64. The number of ether oxygens (including phenoxy) is 2. The van der Waals surface area contributed by atoms with Crippen LogP contribution in [0.25, 0.3) is 0 Å². The molecule has 1 aliphatic heterocycles. The van der Waals surface area contributed by atoms with Gasteiger partial charge in [-0.2, -0.15) is 0 Å². The van der Waals surface area contributed by atoms with Gasteiger partial charge in [0.05, 0.1) is 18.2 Å². The lowest BCUT2D eigenvalue weighted by atomic mass is 10.1. The average molecular weight is 378 g/mol. The molecule has 136 valence electrons. The Hall–Kier alpha value is -2.44. The molecule has 7 heteroatoms. The van der Waals surface area contributed by atoms with Gasteiger partial charge in [-0.05, 0) is 12.1 Å². The Morgan fingerprint density at radius 3 is 2.42 bits per heavy atom. The predicted molar refractivity (Wildman–Crippen MR) is 93.4 cm³/mol. The maximum Gasteiger partial charge on any atom is 0.343 e. The minimum atomic E-state index is -1.18. The summed E-state index contributed by atoms with van der Waals surface area (Å²) in [7, 11) is 0. The molecule has 0 radical (unpaired) electrons. The van der Waals surface area contributed by atoms with Gasteiger partial charge in [0.1, 0.15) is 11.4 Å². The second-order valence-electron chi connectivity index (χ2n) is 5.73. The van der Waals surface area contributed by atoms with E-state index in [4.69, 9.17) is 21.1 Å². The summed E-state index contributed by atoms with van der Waals surface area (Å²) in [5.41, 5.74) is 0.120. The summed E-state index contributed by atoms with van der Waals surface area (Å²) < 4.78 is 24.7. The molecule has 0 aliphatic carbocycles. The van der Waals surface area contributed by atoms with Crippen LogP contribution < -0.4 is 0 Å². The van der Waals surface area contributed by atoms with Crippen molar-refractivity contribution in [3.05, 3.63) is 70.5 Å². The fourth-order valence-electron chi connectivity index (χ4n) is 2.70. The molecule has 1 fully saturated rings. The first-order chi connectivity index (χ1) is 12.6. The Morgan fingerprint density at radius 2 is 1.77 bits per heavy atom. The van der Waals surface area contributed by atoms with Gasteiger partial charge in [0.2, 0.25) is 6.10 Å². The summed E-state index contributed by atoms with van der Waals surface area (Å²) in [5.74, 6) is -2.16. The van der Waals surface area contributed by atoms with E-state index in [0.29, 0.717) is 31.9 Å². The Kier molecular flexibility index (Phi) is 5.85. The normalized spacial score (nSPS) is 15.4. The van der Waals surface area contributed by atoms with Crippen LogP contribution in [0.15, 0.2) is 48.5 Å². The quantitative estimate of drug-likeness (QED) is 0.768. The van der Waals surface area contributed by atoms with E-state index in [1.165, 1.54) is 12.1 Å². The van der Waals surface area contributed by atoms with Gasteiger partial charge in [0, 0.05) is 18.7 Å². The number of hydrogen-bond donors (Lipinski definition) is 0. The predicted octanol–water partition coefficient (Wildman–Crippen LogP) is 3.24. The second kappa shape index (κ2) is 8.29. The number of halogens is 2. The van der Waals surface area contributed by atoms with Gasteiger partial charge in [-0.3, -0.25) is 4.79 Å². The first-order valence-corrected chi connectivity index (χ1v) is 8.52. The van der Waals surface area contributed by atoms with E-state index >= 15 is 0 Å². The van der Waals surface area contributed by atoms with E-state index in [9.17, 15) is 14.0 Å². The third kappa shape index (κ3) is 4.03. The number of amides is 1. The SMILES string of the molecule is O=C(O[C@H](C(=O)N1CCOCC1)c1ccccc1)c1c(F)cccc1Cl. The number of benzene rings is 2. The highest BCUT2D eigenvalue weighted by atomic mass is 35.5.